The minimum Gasteiger partial charge on any atom is -0.494 e. The summed E-state index contributed by atoms with van der Waals surface area (Å²) < 4.78 is 9.37. The molecule has 1 N–H and O–H groups in total. The molecule has 0 radical (unpaired) electrons. The van der Waals surface area contributed by atoms with Crippen molar-refractivity contribution in [2.24, 2.45) is 7.05 Å². The molecule has 1 aliphatic heterocycles. The van der Waals surface area contributed by atoms with E-state index in [4.69, 9.17) is 14.8 Å². The number of aromatic nitrogens is 5. The summed E-state index contributed by atoms with van der Waals surface area (Å²) in [5, 5.41) is 19.5. The van der Waals surface area contributed by atoms with E-state index in [1.807, 2.05) is 36.3 Å². The summed E-state index contributed by atoms with van der Waals surface area (Å²) in [5.74, 6) is 0.926. The van der Waals surface area contributed by atoms with Gasteiger partial charge in [-0.3, -0.25) is 9.36 Å². The van der Waals surface area contributed by atoms with E-state index in [2.05, 4.69) is 22.8 Å². The van der Waals surface area contributed by atoms with E-state index in [9.17, 15) is 5.26 Å². The van der Waals surface area contributed by atoms with Gasteiger partial charge in [-0.05, 0) is 32.0 Å². The summed E-state index contributed by atoms with van der Waals surface area (Å²) in [5.41, 5.74) is 3.50. The number of benzene rings is 1. The lowest BCUT2D eigenvalue weighted by molar-refractivity contribution is -0.136. The molecule has 1 saturated heterocycles. The zero-order valence-electron chi connectivity index (χ0n) is 17.2. The Hall–Kier alpha value is -3.11. The lowest BCUT2D eigenvalue weighted by Crippen LogP contribution is -2.32. The van der Waals surface area contributed by atoms with Gasteiger partial charge in [-0.15, -0.1) is 0 Å². The SMILES string of the molecule is BN1CCC(n2cc3nc(-c4cc5cn(C)nc5cc4OO)cc(OC)c3n2)CC1. The molecule has 0 aliphatic carbocycles. The van der Waals surface area contributed by atoms with Crippen molar-refractivity contribution in [2.75, 3.05) is 20.2 Å². The molecule has 0 amide bonds. The Labute approximate surface area is 174 Å². The molecule has 1 fully saturated rings. The molecular weight excluding hydrogens is 383 g/mol. The van der Waals surface area contributed by atoms with E-state index < -0.39 is 0 Å². The van der Waals surface area contributed by atoms with Crippen molar-refractivity contribution in [2.45, 2.75) is 18.9 Å². The molecule has 154 valence electrons. The predicted molar refractivity (Wildman–Crippen MR) is 115 cm³/mol. The van der Waals surface area contributed by atoms with Gasteiger partial charge in [0.05, 0.1) is 30.6 Å². The molecule has 0 atom stereocenters. The molecule has 0 bridgehead atoms. The Kier molecular flexibility index (Phi) is 4.60. The molecule has 0 unspecified atom stereocenters. The van der Waals surface area contributed by atoms with Crippen LogP contribution in [0.15, 0.2) is 30.6 Å². The van der Waals surface area contributed by atoms with E-state index in [0.29, 0.717) is 23.0 Å². The summed E-state index contributed by atoms with van der Waals surface area (Å²) in [6.07, 6.45) is 6.01. The topological polar surface area (TPSA) is 90.5 Å². The molecule has 30 heavy (non-hydrogen) atoms. The number of hydrogen-bond acceptors (Lipinski definition) is 7. The molecule has 4 aromatic rings. The third kappa shape index (κ3) is 3.18. The maximum absolute atomic E-state index is 9.47. The van der Waals surface area contributed by atoms with Crippen LogP contribution in [0.1, 0.15) is 18.9 Å². The fourth-order valence-electron chi connectivity index (χ4n) is 4.19. The number of methoxy groups -OCH3 is 1. The molecule has 0 spiro atoms. The van der Waals surface area contributed by atoms with Gasteiger partial charge in [0.2, 0.25) is 0 Å². The average molecular weight is 406 g/mol. The summed E-state index contributed by atoms with van der Waals surface area (Å²) in [4.78, 5) is 11.8. The minimum absolute atomic E-state index is 0.290. The van der Waals surface area contributed by atoms with Gasteiger partial charge < -0.3 is 14.4 Å². The van der Waals surface area contributed by atoms with Gasteiger partial charge in [0.25, 0.3) is 0 Å². The van der Waals surface area contributed by atoms with Crippen LogP contribution in [0.5, 0.6) is 11.5 Å². The van der Waals surface area contributed by atoms with E-state index in [-0.39, 0.29) is 5.75 Å². The Balaban J connectivity index is 1.62. The van der Waals surface area contributed by atoms with Crippen molar-refractivity contribution in [3.63, 3.8) is 0 Å². The number of nitrogens with zero attached hydrogens (tertiary/aromatic N) is 6. The zero-order chi connectivity index (χ0) is 20.8. The molecule has 5 rings (SSSR count). The van der Waals surface area contributed by atoms with E-state index >= 15 is 0 Å². The van der Waals surface area contributed by atoms with Crippen LogP contribution in [0.3, 0.4) is 0 Å². The minimum atomic E-state index is 0.290. The maximum Gasteiger partial charge on any atom is 0.185 e. The van der Waals surface area contributed by atoms with Crippen LogP contribution in [-0.4, -0.2) is 62.8 Å². The van der Waals surface area contributed by atoms with Crippen molar-refractivity contribution in [1.29, 1.82) is 0 Å². The number of fused-ring (bicyclic) bond motifs is 2. The second-order valence-corrected chi connectivity index (χ2v) is 7.89. The fraction of sp³-hybridized carbons (Fsp3) is 0.350. The van der Waals surface area contributed by atoms with Crippen molar-refractivity contribution < 1.29 is 14.9 Å². The van der Waals surface area contributed by atoms with Crippen LogP contribution in [0, 0.1) is 0 Å². The summed E-state index contributed by atoms with van der Waals surface area (Å²) in [6.45, 7) is 2.11. The van der Waals surface area contributed by atoms with Crippen LogP contribution >= 0.6 is 0 Å². The molecule has 1 aliphatic rings. The monoisotopic (exact) mass is 406 g/mol. The number of ether oxygens (including phenoxy) is 1. The first-order valence-corrected chi connectivity index (χ1v) is 9.97. The molecule has 3 aromatic heterocycles. The van der Waals surface area contributed by atoms with Crippen molar-refractivity contribution in [1.82, 2.24) is 29.4 Å². The number of hydrogen-bond donors (Lipinski definition) is 1. The average Bonchev–Trinajstić information content (AvgIpc) is 3.34. The number of piperidine rings is 1. The van der Waals surface area contributed by atoms with E-state index in [1.165, 1.54) is 0 Å². The Bertz CT molecular complexity index is 1230. The second kappa shape index (κ2) is 7.30. The van der Waals surface area contributed by atoms with Gasteiger partial charge in [-0.25, -0.2) is 10.2 Å². The quantitative estimate of drug-likeness (QED) is 0.315. The molecule has 0 saturated carbocycles. The fourth-order valence-corrected chi connectivity index (χ4v) is 4.19. The normalized spacial score (nSPS) is 15.8. The predicted octanol–water partition coefficient (Wildman–Crippen LogP) is 2.03. The highest BCUT2D eigenvalue weighted by Gasteiger charge is 2.22. The molecule has 10 heteroatoms. The Morgan fingerprint density at radius 1 is 1.07 bits per heavy atom. The van der Waals surface area contributed by atoms with Gasteiger partial charge >= 0.3 is 0 Å². The van der Waals surface area contributed by atoms with Crippen LogP contribution in [0.2, 0.25) is 0 Å². The van der Waals surface area contributed by atoms with Gasteiger partial charge in [-0.2, -0.15) is 10.2 Å². The standard InChI is InChI=1S/C20H23BN6O3/c1-25-10-12-7-14(18(30-28)8-15(12)23-25)16-9-19(29-2)20-17(22-16)11-27(24-20)13-3-5-26(21)6-4-13/h7-11,13,28H,3-6,21H2,1-2H3. The van der Waals surface area contributed by atoms with Gasteiger partial charge in [0, 0.05) is 36.3 Å². The lowest BCUT2D eigenvalue weighted by Gasteiger charge is -2.29. The summed E-state index contributed by atoms with van der Waals surface area (Å²) in [7, 11) is 5.62. The zero-order valence-corrected chi connectivity index (χ0v) is 17.2. The van der Waals surface area contributed by atoms with E-state index in [0.717, 1.165) is 47.9 Å². The Morgan fingerprint density at radius 3 is 2.60 bits per heavy atom. The third-order valence-electron chi connectivity index (χ3n) is 5.83. The first-order valence-electron chi connectivity index (χ1n) is 9.97. The van der Waals surface area contributed by atoms with Crippen molar-refractivity contribution >= 4 is 29.9 Å². The molecule has 4 heterocycles. The van der Waals surface area contributed by atoms with Crippen LogP contribution in [-0.2, 0) is 7.05 Å². The summed E-state index contributed by atoms with van der Waals surface area (Å²) >= 11 is 0. The van der Waals surface area contributed by atoms with Crippen molar-refractivity contribution in [3.8, 4) is 22.8 Å². The number of aryl methyl sites for hydroxylation is 1. The van der Waals surface area contributed by atoms with Gasteiger partial charge in [0.15, 0.2) is 25.0 Å². The highest BCUT2D eigenvalue weighted by atomic mass is 17.1. The van der Waals surface area contributed by atoms with Gasteiger partial charge in [0.1, 0.15) is 5.52 Å². The first-order chi connectivity index (χ1) is 14.6. The maximum atomic E-state index is 9.47. The van der Waals surface area contributed by atoms with Crippen LogP contribution < -0.4 is 9.62 Å². The lowest BCUT2D eigenvalue weighted by atomic mass is 10.0. The molecule has 1 aromatic carbocycles. The number of rotatable bonds is 4. The highest BCUT2D eigenvalue weighted by molar-refractivity contribution is 6.04. The van der Waals surface area contributed by atoms with Crippen molar-refractivity contribution in [3.05, 3.63) is 30.6 Å². The largest absolute Gasteiger partial charge is 0.494 e. The van der Waals surface area contributed by atoms with Crippen LogP contribution in [0.25, 0.3) is 33.2 Å². The molecule has 9 nitrogen and oxygen atoms in total. The summed E-state index contributed by atoms with van der Waals surface area (Å²) in [6, 6.07) is 5.79. The smallest absolute Gasteiger partial charge is 0.185 e. The highest BCUT2D eigenvalue weighted by Crippen LogP contribution is 2.37. The first kappa shape index (κ1) is 18.9. The Morgan fingerprint density at radius 2 is 1.87 bits per heavy atom. The third-order valence-corrected chi connectivity index (χ3v) is 5.83. The van der Waals surface area contributed by atoms with Gasteiger partial charge in [-0.1, -0.05) is 0 Å². The second-order valence-electron chi connectivity index (χ2n) is 7.89. The molecular formula is C20H23BN6O3. The number of pyridine rings is 1. The van der Waals surface area contributed by atoms with E-state index in [1.54, 1.807) is 17.9 Å². The van der Waals surface area contributed by atoms with Crippen LogP contribution in [0.4, 0.5) is 0 Å².